The van der Waals surface area contributed by atoms with Crippen molar-refractivity contribution in [2.24, 2.45) is 5.92 Å². The van der Waals surface area contributed by atoms with Gasteiger partial charge in [-0.3, -0.25) is 9.78 Å². The molecule has 1 aromatic heterocycles. The Bertz CT molecular complexity index is 358. The van der Waals surface area contributed by atoms with Gasteiger partial charge in [-0.15, -0.1) is 0 Å². The molecule has 0 amide bonds. The van der Waals surface area contributed by atoms with Crippen LogP contribution in [-0.4, -0.2) is 17.6 Å². The quantitative estimate of drug-likeness (QED) is 0.709. The Hall–Kier alpha value is -1.38. The lowest BCUT2D eigenvalue weighted by molar-refractivity contribution is -0.144. The highest BCUT2D eigenvalue weighted by molar-refractivity contribution is 5.77. The second kappa shape index (κ2) is 4.01. The van der Waals surface area contributed by atoms with Crippen molar-refractivity contribution in [3.63, 3.8) is 0 Å². The summed E-state index contributed by atoms with van der Waals surface area (Å²) in [5.74, 6) is 0.328. The second-order valence-corrected chi connectivity index (χ2v) is 3.93. The molecule has 0 aromatic carbocycles. The first-order chi connectivity index (χ1) is 7.22. The van der Waals surface area contributed by atoms with E-state index in [9.17, 15) is 4.79 Å². The van der Waals surface area contributed by atoms with Crippen molar-refractivity contribution in [1.29, 1.82) is 0 Å². The van der Waals surface area contributed by atoms with Gasteiger partial charge in [-0.05, 0) is 37.8 Å². The lowest BCUT2D eigenvalue weighted by atomic mass is 10.1. The van der Waals surface area contributed by atoms with Crippen LogP contribution in [0.15, 0.2) is 18.3 Å². The molecule has 2 rings (SSSR count). The Balaban J connectivity index is 1.98. The summed E-state index contributed by atoms with van der Waals surface area (Å²) in [4.78, 5) is 15.6. The zero-order valence-corrected chi connectivity index (χ0v) is 9.06. The summed E-state index contributed by atoms with van der Waals surface area (Å²) < 4.78 is 4.98. The van der Waals surface area contributed by atoms with E-state index in [0.717, 1.165) is 17.7 Å². The molecule has 0 unspecified atom stereocenters. The van der Waals surface area contributed by atoms with E-state index in [0.29, 0.717) is 12.5 Å². The number of esters is 1. The molecule has 1 aromatic rings. The fraction of sp³-hybridized carbons (Fsp3) is 0.500. The summed E-state index contributed by atoms with van der Waals surface area (Å²) >= 11 is 0. The number of carbonyl (C=O) groups excluding carboxylic acids is 1. The molecule has 15 heavy (non-hydrogen) atoms. The average Bonchev–Trinajstić information content (AvgIpc) is 2.99. The van der Waals surface area contributed by atoms with E-state index < -0.39 is 0 Å². The lowest BCUT2D eigenvalue weighted by Crippen LogP contribution is -2.07. The summed E-state index contributed by atoms with van der Waals surface area (Å²) in [6, 6.07) is 4.03. The predicted molar refractivity (Wildman–Crippen MR) is 56.5 cm³/mol. The number of aryl methyl sites for hydroxylation is 1. The number of nitrogens with zero attached hydrogens (tertiary/aromatic N) is 1. The van der Waals surface area contributed by atoms with Crippen molar-refractivity contribution in [2.45, 2.75) is 26.2 Å². The maximum atomic E-state index is 11.4. The molecule has 0 aliphatic heterocycles. The van der Waals surface area contributed by atoms with E-state index in [2.05, 4.69) is 4.98 Å². The minimum absolute atomic E-state index is 0.0643. The first-order valence-electron chi connectivity index (χ1n) is 5.31. The molecule has 1 aliphatic carbocycles. The van der Waals surface area contributed by atoms with E-state index in [1.807, 2.05) is 32.2 Å². The number of hydrogen-bond donors (Lipinski definition) is 0. The predicted octanol–water partition coefficient (Wildman–Crippen LogP) is 2.06. The van der Waals surface area contributed by atoms with E-state index in [4.69, 9.17) is 4.74 Å². The molecule has 2 atom stereocenters. The summed E-state index contributed by atoms with van der Waals surface area (Å²) in [5, 5.41) is 0. The van der Waals surface area contributed by atoms with Crippen LogP contribution in [0.4, 0.5) is 0 Å². The van der Waals surface area contributed by atoms with E-state index in [-0.39, 0.29) is 11.9 Å². The molecule has 0 N–H and O–H groups in total. The van der Waals surface area contributed by atoms with Gasteiger partial charge in [-0.1, -0.05) is 6.07 Å². The maximum Gasteiger partial charge on any atom is 0.309 e. The van der Waals surface area contributed by atoms with Crippen LogP contribution < -0.4 is 0 Å². The first kappa shape index (κ1) is 10.1. The summed E-state index contributed by atoms with van der Waals surface area (Å²) in [5.41, 5.74) is 2.16. The van der Waals surface area contributed by atoms with Gasteiger partial charge in [0.1, 0.15) is 0 Å². The van der Waals surface area contributed by atoms with Gasteiger partial charge in [-0.25, -0.2) is 0 Å². The zero-order chi connectivity index (χ0) is 10.8. The third kappa shape index (κ3) is 2.17. The van der Waals surface area contributed by atoms with Crippen LogP contribution in [0, 0.1) is 12.8 Å². The molecular formula is C12H15NO2. The van der Waals surface area contributed by atoms with E-state index in [1.165, 1.54) is 0 Å². The second-order valence-electron chi connectivity index (χ2n) is 3.93. The van der Waals surface area contributed by atoms with Crippen molar-refractivity contribution in [3.05, 3.63) is 29.6 Å². The Morgan fingerprint density at radius 3 is 3.00 bits per heavy atom. The molecule has 1 heterocycles. The van der Waals surface area contributed by atoms with Crippen molar-refractivity contribution >= 4 is 5.97 Å². The van der Waals surface area contributed by atoms with Gasteiger partial charge in [0, 0.05) is 11.9 Å². The normalized spacial score (nSPS) is 23.6. The molecule has 80 valence electrons. The molecule has 3 heteroatoms. The summed E-state index contributed by atoms with van der Waals surface area (Å²) in [6.45, 7) is 4.26. The van der Waals surface area contributed by atoms with Crippen LogP contribution in [0.2, 0.25) is 0 Å². The van der Waals surface area contributed by atoms with Crippen LogP contribution in [-0.2, 0) is 9.53 Å². The summed E-state index contributed by atoms with van der Waals surface area (Å²) in [6.07, 6.45) is 2.77. The van der Waals surface area contributed by atoms with Gasteiger partial charge < -0.3 is 4.74 Å². The summed E-state index contributed by atoms with van der Waals surface area (Å²) in [7, 11) is 0. The van der Waals surface area contributed by atoms with Gasteiger partial charge in [0.15, 0.2) is 0 Å². The Morgan fingerprint density at radius 1 is 1.60 bits per heavy atom. The maximum absolute atomic E-state index is 11.4. The zero-order valence-electron chi connectivity index (χ0n) is 9.06. The fourth-order valence-corrected chi connectivity index (χ4v) is 1.77. The molecule has 0 bridgehead atoms. The molecule has 0 spiro atoms. The minimum atomic E-state index is -0.0666. The van der Waals surface area contributed by atoms with E-state index in [1.54, 1.807) is 0 Å². The monoisotopic (exact) mass is 205 g/mol. The van der Waals surface area contributed by atoms with Crippen LogP contribution in [0.5, 0.6) is 0 Å². The third-order valence-electron chi connectivity index (χ3n) is 2.74. The highest BCUT2D eigenvalue weighted by Crippen LogP contribution is 2.47. The smallest absolute Gasteiger partial charge is 0.309 e. The minimum Gasteiger partial charge on any atom is -0.466 e. The first-order valence-corrected chi connectivity index (χ1v) is 5.31. The SMILES string of the molecule is CCOC(=O)[C@@H]1C[C@H]1c1ccc(C)nc1. The van der Waals surface area contributed by atoms with Gasteiger partial charge in [0.25, 0.3) is 0 Å². The fourth-order valence-electron chi connectivity index (χ4n) is 1.77. The highest BCUT2D eigenvalue weighted by Gasteiger charge is 2.45. The molecular weight excluding hydrogens is 190 g/mol. The Labute approximate surface area is 89.5 Å². The third-order valence-corrected chi connectivity index (χ3v) is 2.74. The van der Waals surface area contributed by atoms with Gasteiger partial charge in [-0.2, -0.15) is 0 Å². The number of ether oxygens (including phenoxy) is 1. The molecule has 1 aliphatic rings. The number of rotatable bonds is 3. The van der Waals surface area contributed by atoms with Crippen molar-refractivity contribution in [3.8, 4) is 0 Å². The van der Waals surface area contributed by atoms with Crippen LogP contribution in [0.25, 0.3) is 0 Å². The van der Waals surface area contributed by atoms with E-state index >= 15 is 0 Å². The van der Waals surface area contributed by atoms with Crippen molar-refractivity contribution in [1.82, 2.24) is 4.98 Å². The number of pyridine rings is 1. The molecule has 0 saturated heterocycles. The van der Waals surface area contributed by atoms with Crippen LogP contribution >= 0.6 is 0 Å². The molecule has 3 nitrogen and oxygen atoms in total. The molecule has 1 fully saturated rings. The van der Waals surface area contributed by atoms with Gasteiger partial charge in [0.05, 0.1) is 12.5 Å². The van der Waals surface area contributed by atoms with Crippen LogP contribution in [0.3, 0.4) is 0 Å². The number of hydrogen-bond acceptors (Lipinski definition) is 3. The largest absolute Gasteiger partial charge is 0.466 e. The van der Waals surface area contributed by atoms with Gasteiger partial charge in [0.2, 0.25) is 0 Å². The van der Waals surface area contributed by atoms with Crippen molar-refractivity contribution in [2.75, 3.05) is 6.61 Å². The topological polar surface area (TPSA) is 39.2 Å². The standard InChI is InChI=1S/C12H15NO2/c1-3-15-12(14)11-6-10(11)9-5-4-8(2)13-7-9/h4-5,7,10-11H,3,6H2,1-2H3/t10-,11+/m0/s1. The Morgan fingerprint density at radius 2 is 2.40 bits per heavy atom. The van der Waals surface area contributed by atoms with Crippen LogP contribution in [0.1, 0.15) is 30.5 Å². The number of carbonyl (C=O) groups is 1. The Kier molecular flexibility index (Phi) is 2.71. The number of aromatic nitrogens is 1. The average molecular weight is 205 g/mol. The highest BCUT2D eigenvalue weighted by atomic mass is 16.5. The lowest BCUT2D eigenvalue weighted by Gasteiger charge is -2.01. The molecule has 1 saturated carbocycles. The molecule has 0 radical (unpaired) electrons. The van der Waals surface area contributed by atoms with Crippen molar-refractivity contribution < 1.29 is 9.53 Å². The van der Waals surface area contributed by atoms with Gasteiger partial charge >= 0.3 is 5.97 Å².